The summed E-state index contributed by atoms with van der Waals surface area (Å²) < 4.78 is 0. The van der Waals surface area contributed by atoms with Crippen LogP contribution in [0.4, 0.5) is 0 Å². The van der Waals surface area contributed by atoms with Crippen LogP contribution in [0.2, 0.25) is 13.1 Å². The molecule has 0 amide bonds. The van der Waals surface area contributed by atoms with Gasteiger partial charge in [0.2, 0.25) is 0 Å². The predicted molar refractivity (Wildman–Crippen MR) is 89.3 cm³/mol. The van der Waals surface area contributed by atoms with E-state index in [1.807, 2.05) is 42.6 Å². The van der Waals surface area contributed by atoms with Gasteiger partial charge < -0.3 is 0 Å². The molecule has 0 aliphatic rings. The molecule has 4 aromatic rings. The first-order valence-corrected chi connectivity index (χ1v) is 9.37. The summed E-state index contributed by atoms with van der Waals surface area (Å²) >= 11 is 0. The number of aromatic amines is 2. The number of hydrogen-bond acceptors (Lipinski definition) is 2. The first-order chi connectivity index (χ1) is 10.3. The molecule has 0 saturated heterocycles. The molecule has 0 fully saturated rings. The van der Waals surface area contributed by atoms with Gasteiger partial charge in [0, 0.05) is 16.1 Å². The van der Waals surface area contributed by atoms with Crippen LogP contribution in [-0.2, 0) is 0 Å². The number of rotatable bonds is 1. The predicted octanol–water partition coefficient (Wildman–Crippen LogP) is 3.09. The van der Waals surface area contributed by atoms with Crippen LogP contribution in [0.15, 0.2) is 54.7 Å². The largest absolute Gasteiger partial charge is 0.286 e. The van der Waals surface area contributed by atoms with Gasteiger partial charge in [-0.1, -0.05) is 49.5 Å². The molecule has 0 saturated carbocycles. The fraction of sp³-hybridized carbons (Fsp3) is 0.125. The summed E-state index contributed by atoms with van der Waals surface area (Å²) in [4.78, 5) is 0. The number of hydrogen-bond donors (Lipinski definition) is 2. The van der Waals surface area contributed by atoms with Crippen molar-refractivity contribution in [1.82, 2.24) is 20.4 Å². The Morgan fingerprint density at radius 3 is 2.48 bits per heavy atom. The van der Waals surface area contributed by atoms with E-state index in [1.54, 1.807) is 0 Å². The maximum absolute atomic E-state index is 4.24. The second kappa shape index (κ2) is 5.93. The maximum Gasteiger partial charge on any atom is 0.104 e. The molecular formula is C16H17N4Si. The molecule has 2 aromatic carbocycles. The molecule has 0 unspecified atom stereocenters. The summed E-state index contributed by atoms with van der Waals surface area (Å²) in [7, 11) is -0.412. The second-order valence-corrected chi connectivity index (χ2v) is 7.57. The molecule has 0 bridgehead atoms. The Morgan fingerprint density at radius 1 is 0.905 bits per heavy atom. The maximum atomic E-state index is 4.24. The third-order valence-corrected chi connectivity index (χ3v) is 4.69. The van der Waals surface area contributed by atoms with Crippen molar-refractivity contribution in [2.24, 2.45) is 0 Å². The lowest BCUT2D eigenvalue weighted by molar-refractivity contribution is 1.12. The monoisotopic (exact) mass is 293 g/mol. The first kappa shape index (κ1) is 13.6. The van der Waals surface area contributed by atoms with Gasteiger partial charge in [-0.2, -0.15) is 10.2 Å². The van der Waals surface area contributed by atoms with Crippen LogP contribution >= 0.6 is 0 Å². The van der Waals surface area contributed by atoms with E-state index in [4.69, 9.17) is 0 Å². The van der Waals surface area contributed by atoms with Gasteiger partial charge in [-0.25, -0.2) is 0 Å². The van der Waals surface area contributed by atoms with E-state index in [9.17, 15) is 0 Å². The fourth-order valence-electron chi connectivity index (χ4n) is 2.22. The number of nitrogens with one attached hydrogen (secondary N) is 2. The van der Waals surface area contributed by atoms with Crippen LogP contribution in [0.1, 0.15) is 0 Å². The minimum atomic E-state index is -0.412. The summed E-state index contributed by atoms with van der Waals surface area (Å²) in [5.74, 6) is 0. The Kier molecular flexibility index (Phi) is 3.83. The van der Waals surface area contributed by atoms with Gasteiger partial charge in [-0.05, 0) is 12.1 Å². The normalized spacial score (nSPS) is 10.8. The van der Waals surface area contributed by atoms with E-state index >= 15 is 0 Å². The summed E-state index contributed by atoms with van der Waals surface area (Å²) in [6, 6.07) is 16.3. The van der Waals surface area contributed by atoms with Crippen molar-refractivity contribution >= 4 is 35.9 Å². The van der Waals surface area contributed by atoms with E-state index in [-0.39, 0.29) is 0 Å². The first-order valence-electron chi connectivity index (χ1n) is 6.87. The van der Waals surface area contributed by atoms with E-state index in [0.29, 0.717) is 0 Å². The zero-order valence-electron chi connectivity index (χ0n) is 12.1. The van der Waals surface area contributed by atoms with Gasteiger partial charge in [0.1, 0.15) is 8.80 Å². The number of H-pyrrole nitrogens is 2. The van der Waals surface area contributed by atoms with E-state index in [2.05, 4.69) is 45.6 Å². The molecule has 1 radical (unpaired) electrons. The highest BCUT2D eigenvalue weighted by atomic mass is 28.3. The average Bonchev–Trinajstić information content (AvgIpc) is 3.14. The van der Waals surface area contributed by atoms with Crippen LogP contribution in [0.5, 0.6) is 0 Å². The summed E-state index contributed by atoms with van der Waals surface area (Å²) in [5, 5.41) is 17.9. The van der Waals surface area contributed by atoms with Crippen LogP contribution < -0.4 is 5.32 Å². The lowest BCUT2D eigenvalue weighted by Gasteiger charge is -1.97. The van der Waals surface area contributed by atoms with Crippen molar-refractivity contribution in [2.75, 3.05) is 0 Å². The molecule has 105 valence electrons. The highest BCUT2D eigenvalue weighted by Gasteiger charge is 2.08. The fourth-order valence-corrected chi connectivity index (χ4v) is 3.25. The smallest absolute Gasteiger partial charge is 0.104 e. The molecule has 0 aliphatic carbocycles. The zero-order chi connectivity index (χ0) is 14.7. The van der Waals surface area contributed by atoms with Crippen molar-refractivity contribution in [3.8, 4) is 0 Å². The van der Waals surface area contributed by atoms with E-state index in [0.717, 1.165) is 16.4 Å². The SMILES string of the molecule is C[Si](C)c1[nH]nc2ccccc12.c1ccc2[nH]ncc2c1. The Bertz CT molecular complexity index is 817. The molecule has 5 heteroatoms. The summed E-state index contributed by atoms with van der Waals surface area (Å²) in [6.07, 6.45) is 1.81. The Labute approximate surface area is 124 Å². The molecule has 4 nitrogen and oxygen atoms in total. The number of fused-ring (bicyclic) bond motifs is 2. The van der Waals surface area contributed by atoms with Crippen molar-refractivity contribution < 1.29 is 0 Å². The summed E-state index contributed by atoms with van der Waals surface area (Å²) in [5.41, 5.74) is 2.18. The van der Waals surface area contributed by atoms with Crippen LogP contribution in [0, 0.1) is 0 Å². The summed E-state index contributed by atoms with van der Waals surface area (Å²) in [6.45, 7) is 4.54. The van der Waals surface area contributed by atoms with Crippen LogP contribution in [0.25, 0.3) is 21.8 Å². The van der Waals surface area contributed by atoms with Gasteiger partial charge in [-0.15, -0.1) is 0 Å². The highest BCUT2D eigenvalue weighted by Crippen LogP contribution is 2.08. The van der Waals surface area contributed by atoms with Gasteiger partial charge in [0.15, 0.2) is 0 Å². The highest BCUT2D eigenvalue weighted by molar-refractivity contribution is 6.72. The van der Waals surface area contributed by atoms with Crippen LogP contribution in [0.3, 0.4) is 0 Å². The van der Waals surface area contributed by atoms with Crippen molar-refractivity contribution in [3.63, 3.8) is 0 Å². The molecule has 21 heavy (non-hydrogen) atoms. The number of aromatic nitrogens is 4. The third-order valence-electron chi connectivity index (χ3n) is 3.31. The standard InChI is InChI=1S/C9H11N2Si.C7H6N2/c1-12(2)9-7-5-3-4-6-8(7)10-11-9;1-2-4-7-6(3-1)5-8-9-7/h3-6H,1-2H3,(H,10,11);1-5H,(H,8,9). The average molecular weight is 293 g/mol. The van der Waals surface area contributed by atoms with Gasteiger partial charge >= 0.3 is 0 Å². The third kappa shape index (κ3) is 2.87. The molecule has 2 aromatic heterocycles. The number of benzene rings is 2. The van der Waals surface area contributed by atoms with E-state index < -0.39 is 8.80 Å². The Morgan fingerprint density at radius 2 is 1.67 bits per heavy atom. The van der Waals surface area contributed by atoms with Crippen molar-refractivity contribution in [3.05, 3.63) is 54.7 Å². The van der Waals surface area contributed by atoms with Gasteiger partial charge in [0.05, 0.1) is 17.2 Å². The Balaban J connectivity index is 0.000000131. The lowest BCUT2D eigenvalue weighted by atomic mass is 10.3. The van der Waals surface area contributed by atoms with Crippen molar-refractivity contribution in [1.29, 1.82) is 0 Å². The minimum Gasteiger partial charge on any atom is -0.286 e. The molecule has 2 N–H and O–H groups in total. The quantitative estimate of drug-likeness (QED) is 0.530. The molecular weight excluding hydrogens is 276 g/mol. The lowest BCUT2D eigenvalue weighted by Crippen LogP contribution is -2.24. The minimum absolute atomic E-state index is 0.412. The molecule has 0 spiro atoms. The zero-order valence-corrected chi connectivity index (χ0v) is 13.1. The molecule has 2 heterocycles. The van der Waals surface area contributed by atoms with Gasteiger partial charge in [-0.3, -0.25) is 10.2 Å². The molecule has 4 rings (SSSR count). The number of para-hydroxylation sites is 2. The van der Waals surface area contributed by atoms with Gasteiger partial charge in [0.25, 0.3) is 0 Å². The van der Waals surface area contributed by atoms with Crippen molar-refractivity contribution in [2.45, 2.75) is 13.1 Å². The second-order valence-electron chi connectivity index (χ2n) is 5.07. The van der Waals surface area contributed by atoms with Crippen LogP contribution in [-0.4, -0.2) is 29.2 Å². The topological polar surface area (TPSA) is 57.4 Å². The number of nitrogens with zero attached hydrogens (tertiary/aromatic N) is 2. The van der Waals surface area contributed by atoms with E-state index in [1.165, 1.54) is 10.7 Å². The molecule has 0 atom stereocenters. The molecule has 0 aliphatic heterocycles. The Hall–Kier alpha value is -2.40.